The van der Waals surface area contributed by atoms with Crippen LogP contribution in [-0.4, -0.2) is 65.5 Å². The lowest BCUT2D eigenvalue weighted by Gasteiger charge is -2.15. The zero-order chi connectivity index (χ0) is 59.1. The van der Waals surface area contributed by atoms with Gasteiger partial charge in [0.1, 0.15) is 23.0 Å². The molecule has 0 radical (unpaired) electrons. The Morgan fingerprint density at radius 3 is 1.08 bits per heavy atom. The summed E-state index contributed by atoms with van der Waals surface area (Å²) in [6.07, 6.45) is 22.5. The second-order valence-corrected chi connectivity index (χ2v) is 22.3. The lowest BCUT2D eigenvalue weighted by Crippen LogP contribution is -2.03. The van der Waals surface area contributed by atoms with Gasteiger partial charge in [-0.3, -0.25) is 19.9 Å². The van der Waals surface area contributed by atoms with E-state index < -0.39 is 0 Å². The van der Waals surface area contributed by atoms with Gasteiger partial charge in [-0.15, -0.1) is 67.9 Å². The first kappa shape index (κ1) is 68.1. The van der Waals surface area contributed by atoms with Crippen molar-refractivity contribution < 1.29 is 18.9 Å². The van der Waals surface area contributed by atoms with E-state index in [0.29, 0.717) is 26.4 Å². The number of hydrogen-bond donors (Lipinski definition) is 0. The third kappa shape index (κ3) is 17.4. The largest absolute Gasteiger partial charge is 0.493 e. The molecule has 0 unspecified atom stereocenters. The Labute approximate surface area is 579 Å². The minimum atomic E-state index is 0. The lowest BCUT2D eigenvalue weighted by molar-refractivity contribution is 0.291. The molecule has 0 saturated carbocycles. The Morgan fingerprint density at radius 1 is 0.315 bits per heavy atom. The zero-order valence-corrected chi connectivity index (χ0v) is 57.9. The highest BCUT2D eigenvalue weighted by Crippen LogP contribution is 2.42. The monoisotopic (exact) mass is 1480 g/mol. The summed E-state index contributed by atoms with van der Waals surface area (Å²) < 4.78 is 31.1. The van der Waals surface area contributed by atoms with Crippen LogP contribution in [0.25, 0.3) is 78.9 Å². The first-order valence-corrected chi connectivity index (χ1v) is 30.9. The van der Waals surface area contributed by atoms with Crippen LogP contribution in [0.15, 0.2) is 219 Å². The molecule has 4 aromatic carbocycles. The normalized spacial score (nSPS) is 11.1. The summed E-state index contributed by atoms with van der Waals surface area (Å²) in [5.74, 6) is 2.95. The van der Waals surface area contributed by atoms with Crippen molar-refractivity contribution in [1.29, 1.82) is 0 Å². The number of benzene rings is 4. The van der Waals surface area contributed by atoms with Crippen molar-refractivity contribution in [2.75, 3.05) is 26.4 Å². The van der Waals surface area contributed by atoms with Gasteiger partial charge in [0.2, 0.25) is 0 Å². The van der Waals surface area contributed by atoms with E-state index in [0.717, 1.165) is 201 Å². The van der Waals surface area contributed by atoms with Gasteiger partial charge in [-0.2, -0.15) is 0 Å². The molecule has 9 heterocycles. The van der Waals surface area contributed by atoms with Crippen molar-refractivity contribution >= 4 is 113 Å². The minimum absolute atomic E-state index is 0. The van der Waals surface area contributed by atoms with Crippen LogP contribution in [0.1, 0.15) is 85.5 Å². The Bertz CT molecular complexity index is 4250. The molecule has 12 nitrogen and oxygen atoms in total. The molecule has 7 aromatic heterocycles. The number of ether oxygens (including phenoxy) is 4. The number of aromatic nitrogens is 8. The number of rotatable bonds is 26. The van der Waals surface area contributed by atoms with Crippen LogP contribution in [0.3, 0.4) is 0 Å². The number of aryl methyl sites for hydroxylation is 4. The average molecular weight is 1480 g/mol. The second kappa shape index (κ2) is 33.9. The maximum atomic E-state index is 6.64. The molecule has 2 aliphatic heterocycles. The molecule has 0 saturated heterocycles. The number of hydrogen-bond acceptors (Lipinski definition) is 10. The molecule has 92 heavy (non-hydrogen) atoms. The molecular formula is C76H74Br4N8O4. The number of pyridine rings is 4. The van der Waals surface area contributed by atoms with Crippen LogP contribution in [0.5, 0.6) is 23.0 Å². The van der Waals surface area contributed by atoms with Gasteiger partial charge in [0.15, 0.2) is 0 Å². The van der Waals surface area contributed by atoms with Crippen molar-refractivity contribution in [2.24, 2.45) is 0 Å². The van der Waals surface area contributed by atoms with Crippen LogP contribution in [0, 0.1) is 0 Å². The Morgan fingerprint density at radius 2 is 0.685 bits per heavy atom. The summed E-state index contributed by atoms with van der Waals surface area (Å²) in [5, 5.41) is 2.27. The van der Waals surface area contributed by atoms with Crippen molar-refractivity contribution in [3.63, 3.8) is 0 Å². The van der Waals surface area contributed by atoms with E-state index in [-0.39, 0.29) is 67.9 Å². The summed E-state index contributed by atoms with van der Waals surface area (Å²) in [7, 11) is 0. The van der Waals surface area contributed by atoms with Crippen molar-refractivity contribution in [3.8, 4) is 56.9 Å². The number of nitrogens with zero attached hydrogens (tertiary/aromatic N) is 8. The van der Waals surface area contributed by atoms with Crippen LogP contribution in [0.4, 0.5) is 0 Å². The fourth-order valence-corrected chi connectivity index (χ4v) is 11.6. The molecule has 8 bridgehead atoms. The fraction of sp³-hybridized carbons (Fsp3) is 0.211. The molecule has 0 amide bonds. The van der Waals surface area contributed by atoms with Gasteiger partial charge < -0.3 is 28.1 Å². The van der Waals surface area contributed by atoms with Crippen molar-refractivity contribution in [1.82, 2.24) is 39.0 Å². The molecular weight excluding hydrogens is 1410 g/mol. The third-order valence-electron chi connectivity index (χ3n) is 16.0. The molecule has 470 valence electrons. The zero-order valence-electron chi connectivity index (χ0n) is 51.1. The first-order chi connectivity index (χ1) is 43.6. The van der Waals surface area contributed by atoms with Crippen molar-refractivity contribution in [3.05, 3.63) is 253 Å². The average Bonchev–Trinajstić information content (AvgIpc) is 1.60. The highest BCUT2D eigenvalue weighted by molar-refractivity contribution is 8.93. The maximum Gasteiger partial charge on any atom is 0.125 e. The van der Waals surface area contributed by atoms with Gasteiger partial charge in [0.25, 0.3) is 0 Å². The van der Waals surface area contributed by atoms with E-state index in [1.54, 1.807) is 0 Å². The van der Waals surface area contributed by atoms with Crippen LogP contribution < -0.4 is 18.9 Å². The molecule has 0 atom stereocenters. The Kier molecular flexibility index (Phi) is 25.1. The van der Waals surface area contributed by atoms with Gasteiger partial charge in [0, 0.05) is 117 Å². The molecule has 2 aliphatic rings. The topological polar surface area (TPSA) is 124 Å². The smallest absolute Gasteiger partial charge is 0.125 e. The van der Waals surface area contributed by atoms with Crippen LogP contribution in [-0.2, 0) is 25.7 Å². The molecule has 11 aromatic rings. The summed E-state index contributed by atoms with van der Waals surface area (Å²) in [6.45, 7) is 2.21. The summed E-state index contributed by atoms with van der Waals surface area (Å²) in [6, 6.07) is 67.2. The number of fused-ring (bicyclic) bond motifs is 13. The van der Waals surface area contributed by atoms with E-state index in [9.17, 15) is 0 Å². The van der Waals surface area contributed by atoms with Crippen LogP contribution >= 0.6 is 67.9 Å². The molecule has 0 N–H and O–H groups in total. The number of unbranched alkanes of at least 4 members (excludes halogenated alkanes) is 4. The molecule has 0 spiro atoms. The Balaban J connectivity index is 0.00000250. The van der Waals surface area contributed by atoms with Crippen molar-refractivity contribution in [2.45, 2.75) is 77.0 Å². The van der Waals surface area contributed by atoms with E-state index in [4.69, 9.17) is 28.9 Å². The van der Waals surface area contributed by atoms with Gasteiger partial charge in [-0.25, -0.2) is 9.97 Å². The standard InChI is InChI=1S/C76H70N8O4.4BrH/c1-2-28-72-55(19-1)29-36-73-74-51-64-34-32-62(83(64)66-47-68(85-41-15-7-24-56-20-3-11-37-77-56)53-69(48-66)86-42-16-8-25-57-21-4-12-38-78-57)45-60-30-31-61(81-60)46-63-33-35-65(52-75(82-74)76(72)73)84(63)67-49-70(87-43-17-9-26-58-22-5-13-39-79-58)54-71(50-67)88-44-18-10-27-59-23-6-14-40-80-59;;;;/h1-6,11-14,19-23,28-40,45-54H,7-10,15-18,24-27,41-44H2;4*1H. The predicted molar refractivity (Wildman–Crippen MR) is 394 cm³/mol. The van der Waals surface area contributed by atoms with Gasteiger partial charge in [0.05, 0.1) is 60.6 Å². The predicted octanol–water partition coefficient (Wildman–Crippen LogP) is 19.4. The minimum Gasteiger partial charge on any atom is -0.493 e. The van der Waals surface area contributed by atoms with E-state index in [2.05, 4.69) is 175 Å². The van der Waals surface area contributed by atoms with E-state index in [1.165, 1.54) is 0 Å². The summed E-state index contributed by atoms with van der Waals surface area (Å²) in [5.41, 5.74) is 15.4. The molecule has 0 aliphatic carbocycles. The molecule has 16 heteroatoms. The maximum absolute atomic E-state index is 6.64. The Hall–Kier alpha value is -8.28. The summed E-state index contributed by atoms with van der Waals surface area (Å²) in [4.78, 5) is 29.0. The van der Waals surface area contributed by atoms with Crippen LogP contribution in [0.2, 0.25) is 0 Å². The second-order valence-electron chi connectivity index (χ2n) is 22.3. The quantitative estimate of drug-likeness (QED) is 0.0484. The molecule has 0 fully saturated rings. The van der Waals surface area contributed by atoms with Gasteiger partial charge in [-0.05, 0) is 197 Å². The van der Waals surface area contributed by atoms with E-state index in [1.807, 2.05) is 85.5 Å². The molecule has 13 rings (SSSR count). The first-order valence-electron chi connectivity index (χ1n) is 30.9. The SMILES string of the molecule is Br.Br.Br.Br.C1=Cc2cc3ccc(cc4nc(cc5ccc(cc1n2)n5-c1cc(OCCCCc2ccccn2)cc(OCCCCc2ccccn2)c1)-c1ccc2ccccc2c1-4)n3-c1cc(OCCCCc2ccccn2)cc(OCCCCc2ccccn2)c1. The number of halogens is 4. The van der Waals surface area contributed by atoms with Gasteiger partial charge >= 0.3 is 0 Å². The highest BCUT2D eigenvalue weighted by Gasteiger charge is 2.21. The van der Waals surface area contributed by atoms with Gasteiger partial charge in [-0.1, -0.05) is 60.7 Å². The fourth-order valence-electron chi connectivity index (χ4n) is 11.6. The highest BCUT2D eigenvalue weighted by atomic mass is 79.9. The lowest BCUT2D eigenvalue weighted by atomic mass is 9.97. The summed E-state index contributed by atoms with van der Waals surface area (Å²) >= 11 is 0. The van der Waals surface area contributed by atoms with E-state index >= 15 is 0 Å². The third-order valence-corrected chi connectivity index (χ3v) is 16.0.